The summed E-state index contributed by atoms with van der Waals surface area (Å²) >= 11 is 0. The van der Waals surface area contributed by atoms with E-state index in [1.807, 2.05) is 32.0 Å². The minimum Gasteiger partial charge on any atom is -0.496 e. The van der Waals surface area contributed by atoms with Gasteiger partial charge in [0, 0.05) is 12.8 Å². The monoisotopic (exact) mass is 279 g/mol. The number of carbonyl (C=O) groups excluding carboxylic acids is 1. The number of benzene rings is 1. The van der Waals surface area contributed by atoms with E-state index in [0.717, 1.165) is 17.0 Å². The van der Waals surface area contributed by atoms with Crippen LogP contribution in [0.5, 0.6) is 5.75 Å². The Balaban J connectivity index is 2.86. The number of hydrogen-bond donors (Lipinski definition) is 1. The van der Waals surface area contributed by atoms with Crippen molar-refractivity contribution in [1.29, 1.82) is 0 Å². The van der Waals surface area contributed by atoms with Crippen molar-refractivity contribution in [3.8, 4) is 5.75 Å². The van der Waals surface area contributed by atoms with Crippen LogP contribution in [0.4, 0.5) is 5.69 Å². The van der Waals surface area contributed by atoms with Gasteiger partial charge < -0.3 is 14.8 Å². The molecule has 0 aromatic heterocycles. The van der Waals surface area contributed by atoms with E-state index in [0.29, 0.717) is 12.3 Å². The average Bonchev–Trinajstić information content (AvgIpc) is 2.38. The number of nitrogens with one attached hydrogen (secondary N) is 1. The molecular formula is C16H25NO3. The minimum absolute atomic E-state index is 0.127. The second-order valence-corrected chi connectivity index (χ2v) is 5.67. The van der Waals surface area contributed by atoms with E-state index in [2.05, 4.69) is 19.2 Å². The van der Waals surface area contributed by atoms with Crippen molar-refractivity contribution in [1.82, 2.24) is 0 Å². The lowest BCUT2D eigenvalue weighted by Crippen LogP contribution is -2.43. The molecule has 0 radical (unpaired) electrons. The molecule has 0 unspecified atom stereocenters. The lowest BCUT2D eigenvalue weighted by Gasteiger charge is -2.28. The lowest BCUT2D eigenvalue weighted by atomic mass is 9.93. The third kappa shape index (κ3) is 3.97. The molecule has 112 valence electrons. The quantitative estimate of drug-likeness (QED) is 0.868. The summed E-state index contributed by atoms with van der Waals surface area (Å²) in [6, 6.07) is 5.56. The largest absolute Gasteiger partial charge is 0.496 e. The van der Waals surface area contributed by atoms with Crippen LogP contribution < -0.4 is 10.1 Å². The molecule has 0 spiro atoms. The van der Waals surface area contributed by atoms with Gasteiger partial charge in [0.25, 0.3) is 5.91 Å². The maximum Gasteiger partial charge on any atom is 0.256 e. The highest BCUT2D eigenvalue weighted by Gasteiger charge is 2.33. The van der Waals surface area contributed by atoms with Gasteiger partial charge in [-0.3, -0.25) is 4.79 Å². The smallest absolute Gasteiger partial charge is 0.256 e. The predicted molar refractivity (Wildman–Crippen MR) is 81.2 cm³/mol. The summed E-state index contributed by atoms with van der Waals surface area (Å²) in [5.41, 5.74) is 0.913. The molecule has 4 heteroatoms. The number of hydrogen-bond acceptors (Lipinski definition) is 3. The van der Waals surface area contributed by atoms with Gasteiger partial charge in [-0.25, -0.2) is 0 Å². The van der Waals surface area contributed by atoms with Gasteiger partial charge in [-0.2, -0.15) is 0 Å². The number of ether oxygens (including phenoxy) is 2. The SMILES string of the molecule is COc1ccc(NC(=O)[C@](C)(CC(C)C)OC)cc1C. The molecule has 0 fully saturated rings. The van der Waals surface area contributed by atoms with Crippen LogP contribution in [0.3, 0.4) is 0 Å². The van der Waals surface area contributed by atoms with Gasteiger partial charge in [-0.1, -0.05) is 13.8 Å². The Morgan fingerprint density at radius 3 is 2.45 bits per heavy atom. The molecule has 4 nitrogen and oxygen atoms in total. The van der Waals surface area contributed by atoms with Crippen molar-refractivity contribution >= 4 is 11.6 Å². The number of carbonyl (C=O) groups is 1. The van der Waals surface area contributed by atoms with Crippen molar-refractivity contribution in [3.63, 3.8) is 0 Å². The summed E-state index contributed by atoms with van der Waals surface area (Å²) in [6.07, 6.45) is 0.671. The Bertz CT molecular complexity index is 471. The first kappa shape index (κ1) is 16.5. The van der Waals surface area contributed by atoms with E-state index in [-0.39, 0.29) is 5.91 Å². The van der Waals surface area contributed by atoms with Gasteiger partial charge >= 0.3 is 0 Å². The zero-order chi connectivity index (χ0) is 15.3. The highest BCUT2D eigenvalue weighted by atomic mass is 16.5. The molecule has 0 aliphatic carbocycles. The highest BCUT2D eigenvalue weighted by Crippen LogP contribution is 2.25. The van der Waals surface area contributed by atoms with Crippen LogP contribution in [0.2, 0.25) is 0 Å². The van der Waals surface area contributed by atoms with Crippen LogP contribution in [0.15, 0.2) is 18.2 Å². The summed E-state index contributed by atoms with van der Waals surface area (Å²) in [5.74, 6) is 1.06. The van der Waals surface area contributed by atoms with Gasteiger partial charge in [0.1, 0.15) is 11.4 Å². The Kier molecular flexibility index (Phi) is 5.57. The van der Waals surface area contributed by atoms with Gasteiger partial charge in [0.15, 0.2) is 0 Å². The van der Waals surface area contributed by atoms with Crippen LogP contribution in [-0.4, -0.2) is 25.7 Å². The third-order valence-electron chi connectivity index (χ3n) is 3.38. The predicted octanol–water partition coefficient (Wildman–Crippen LogP) is 3.39. The summed E-state index contributed by atoms with van der Waals surface area (Å²) in [7, 11) is 3.20. The maximum absolute atomic E-state index is 12.4. The van der Waals surface area contributed by atoms with E-state index in [1.54, 1.807) is 14.2 Å². The van der Waals surface area contributed by atoms with Crippen LogP contribution in [0.1, 0.15) is 32.8 Å². The molecule has 1 N–H and O–H groups in total. The number of anilines is 1. The molecule has 1 aromatic carbocycles. The Morgan fingerprint density at radius 1 is 1.35 bits per heavy atom. The first-order valence-electron chi connectivity index (χ1n) is 6.83. The van der Waals surface area contributed by atoms with E-state index < -0.39 is 5.60 Å². The van der Waals surface area contributed by atoms with E-state index in [4.69, 9.17) is 9.47 Å². The Morgan fingerprint density at radius 2 is 2.00 bits per heavy atom. The van der Waals surface area contributed by atoms with E-state index in [9.17, 15) is 4.79 Å². The van der Waals surface area contributed by atoms with Crippen molar-refractivity contribution in [2.75, 3.05) is 19.5 Å². The van der Waals surface area contributed by atoms with Crippen molar-refractivity contribution in [2.24, 2.45) is 5.92 Å². The molecule has 0 bridgehead atoms. The second-order valence-electron chi connectivity index (χ2n) is 5.67. The fraction of sp³-hybridized carbons (Fsp3) is 0.562. The molecule has 1 rings (SSSR count). The van der Waals surface area contributed by atoms with Gasteiger partial charge in [-0.05, 0) is 49.9 Å². The van der Waals surface area contributed by atoms with Crippen LogP contribution in [0.25, 0.3) is 0 Å². The normalized spacial score (nSPS) is 13.9. The summed E-state index contributed by atoms with van der Waals surface area (Å²) in [6.45, 7) is 7.90. The lowest BCUT2D eigenvalue weighted by molar-refractivity contribution is -0.137. The molecule has 1 atom stereocenters. The molecule has 0 aliphatic rings. The first-order valence-corrected chi connectivity index (χ1v) is 6.83. The summed E-state index contributed by atoms with van der Waals surface area (Å²) in [4.78, 5) is 12.4. The molecule has 0 saturated carbocycles. The first-order chi connectivity index (χ1) is 9.32. The zero-order valence-electron chi connectivity index (χ0n) is 13.2. The van der Waals surface area contributed by atoms with E-state index in [1.165, 1.54) is 0 Å². The van der Waals surface area contributed by atoms with Crippen LogP contribution >= 0.6 is 0 Å². The number of methoxy groups -OCH3 is 2. The Labute approximate surface area is 121 Å². The molecule has 1 aromatic rings. The number of amides is 1. The summed E-state index contributed by atoms with van der Waals surface area (Å²) < 4.78 is 10.6. The van der Waals surface area contributed by atoms with Crippen molar-refractivity contribution in [3.05, 3.63) is 23.8 Å². The molecule has 20 heavy (non-hydrogen) atoms. The van der Waals surface area contributed by atoms with E-state index >= 15 is 0 Å². The molecular weight excluding hydrogens is 254 g/mol. The van der Waals surface area contributed by atoms with Crippen LogP contribution in [-0.2, 0) is 9.53 Å². The number of aryl methyl sites for hydroxylation is 1. The topological polar surface area (TPSA) is 47.6 Å². The standard InChI is InChI=1S/C16H25NO3/c1-11(2)10-16(4,20-6)15(18)17-13-7-8-14(19-5)12(3)9-13/h7-9,11H,10H2,1-6H3,(H,17,18)/t16-/m0/s1. The fourth-order valence-electron chi connectivity index (χ4n) is 2.27. The molecule has 1 amide bonds. The Hall–Kier alpha value is -1.55. The molecule has 0 aliphatic heterocycles. The average molecular weight is 279 g/mol. The molecule has 0 heterocycles. The molecule has 0 saturated heterocycles. The minimum atomic E-state index is -0.817. The summed E-state index contributed by atoms with van der Waals surface area (Å²) in [5, 5.41) is 2.91. The fourth-order valence-corrected chi connectivity index (χ4v) is 2.27. The second kappa shape index (κ2) is 6.75. The zero-order valence-corrected chi connectivity index (χ0v) is 13.2. The van der Waals surface area contributed by atoms with Crippen molar-refractivity contribution < 1.29 is 14.3 Å². The van der Waals surface area contributed by atoms with Gasteiger partial charge in [0.2, 0.25) is 0 Å². The highest BCUT2D eigenvalue weighted by molar-refractivity contribution is 5.97. The maximum atomic E-state index is 12.4. The van der Waals surface area contributed by atoms with Crippen molar-refractivity contribution in [2.45, 2.75) is 39.7 Å². The van der Waals surface area contributed by atoms with Crippen LogP contribution in [0, 0.1) is 12.8 Å². The van der Waals surface area contributed by atoms with Gasteiger partial charge in [0.05, 0.1) is 7.11 Å². The third-order valence-corrected chi connectivity index (χ3v) is 3.38. The van der Waals surface area contributed by atoms with Gasteiger partial charge in [-0.15, -0.1) is 0 Å². The number of rotatable bonds is 6.